The summed E-state index contributed by atoms with van der Waals surface area (Å²) < 4.78 is 0. The van der Waals surface area contributed by atoms with Crippen molar-refractivity contribution in [2.75, 3.05) is 0 Å². The summed E-state index contributed by atoms with van der Waals surface area (Å²) in [6.07, 6.45) is 17.9. The quantitative estimate of drug-likeness (QED) is 0.319. The smallest absolute Gasteiger partial charge is 0.0122 e. The predicted octanol–water partition coefficient (Wildman–Crippen LogP) is 3.31. The Kier molecular flexibility index (Phi) is 8.25. The van der Waals surface area contributed by atoms with Crippen LogP contribution >= 0.6 is 0 Å². The molecule has 0 aromatic rings. The van der Waals surface area contributed by atoms with Crippen molar-refractivity contribution in [1.29, 1.82) is 0 Å². The van der Waals surface area contributed by atoms with Crippen LogP contribution in [-0.4, -0.2) is 0 Å². The lowest BCUT2D eigenvalue weighted by Gasteiger charge is -1.89. The summed E-state index contributed by atoms with van der Waals surface area (Å²) in [5.74, 6) is 2.44. The van der Waals surface area contributed by atoms with Crippen LogP contribution in [0.2, 0.25) is 0 Å². The molecule has 0 fully saturated rings. The zero-order valence-corrected chi connectivity index (χ0v) is 7.22. The van der Waals surface area contributed by atoms with Gasteiger partial charge in [0.15, 0.2) is 0 Å². The van der Waals surface area contributed by atoms with Crippen molar-refractivity contribution in [2.45, 2.75) is 32.6 Å². The van der Waals surface area contributed by atoms with Crippen molar-refractivity contribution < 1.29 is 0 Å². The maximum atomic E-state index is 5.02. The molecule has 0 radical (unpaired) electrons. The van der Waals surface area contributed by atoms with E-state index in [-0.39, 0.29) is 0 Å². The molecule has 0 aliphatic rings. The minimum absolute atomic E-state index is 1.17. The third-order valence-corrected chi connectivity index (χ3v) is 1.41. The second-order valence-corrected chi connectivity index (χ2v) is 2.45. The van der Waals surface area contributed by atoms with Crippen LogP contribution in [0.15, 0.2) is 24.3 Å². The second kappa shape index (κ2) is 9.04. The first-order valence-corrected chi connectivity index (χ1v) is 4.19. The summed E-state index contributed by atoms with van der Waals surface area (Å²) in [6, 6.07) is 0. The Bertz CT molecular complexity index is 155. The van der Waals surface area contributed by atoms with Gasteiger partial charge in [0.05, 0.1) is 0 Å². The van der Waals surface area contributed by atoms with Crippen LogP contribution in [0, 0.1) is 12.3 Å². The van der Waals surface area contributed by atoms with Crippen LogP contribution in [0.1, 0.15) is 32.6 Å². The van der Waals surface area contributed by atoms with E-state index >= 15 is 0 Å². The van der Waals surface area contributed by atoms with E-state index in [9.17, 15) is 0 Å². The van der Waals surface area contributed by atoms with Gasteiger partial charge in [-0.15, -0.1) is 6.42 Å². The van der Waals surface area contributed by atoms with Crippen molar-refractivity contribution in [3.8, 4) is 12.3 Å². The van der Waals surface area contributed by atoms with Gasteiger partial charge < -0.3 is 0 Å². The van der Waals surface area contributed by atoms with E-state index in [0.717, 1.165) is 0 Å². The van der Waals surface area contributed by atoms with Crippen molar-refractivity contribution in [2.24, 2.45) is 0 Å². The first kappa shape index (κ1) is 10.0. The van der Waals surface area contributed by atoms with E-state index in [1.807, 2.05) is 12.2 Å². The molecule has 0 N–H and O–H groups in total. The third kappa shape index (κ3) is 9.04. The summed E-state index contributed by atoms with van der Waals surface area (Å²) in [6.45, 7) is 2.21. The van der Waals surface area contributed by atoms with Gasteiger partial charge >= 0.3 is 0 Å². The number of unbranched alkanes of at least 4 members (excludes halogenated alkanes) is 3. The molecule has 0 bridgehead atoms. The Hall–Kier alpha value is -0.960. The van der Waals surface area contributed by atoms with Gasteiger partial charge in [0.25, 0.3) is 0 Å². The van der Waals surface area contributed by atoms with Gasteiger partial charge in [0.1, 0.15) is 0 Å². The summed E-state index contributed by atoms with van der Waals surface area (Å²) in [5, 5.41) is 0. The van der Waals surface area contributed by atoms with E-state index in [0.29, 0.717) is 0 Å². The standard InChI is InChI=1S/C11H16/c1-3-5-7-9-11-10-8-6-4-2/h1,5,7,9,11H,4,6,8,10H2,2H3/b7-5+,11-9-. The molecule has 0 aliphatic carbocycles. The van der Waals surface area contributed by atoms with Gasteiger partial charge in [-0.2, -0.15) is 0 Å². The Morgan fingerprint density at radius 3 is 2.73 bits per heavy atom. The first-order valence-electron chi connectivity index (χ1n) is 4.19. The van der Waals surface area contributed by atoms with Gasteiger partial charge in [-0.1, -0.05) is 43.9 Å². The molecule has 0 saturated carbocycles. The van der Waals surface area contributed by atoms with E-state index in [2.05, 4.69) is 18.9 Å². The number of rotatable bonds is 5. The normalized spacial score (nSPS) is 10.9. The monoisotopic (exact) mass is 148 g/mol. The molecule has 0 aromatic carbocycles. The lowest BCUT2D eigenvalue weighted by molar-refractivity contribution is 0.729. The molecule has 0 aromatic heterocycles. The zero-order chi connectivity index (χ0) is 8.36. The minimum Gasteiger partial charge on any atom is -0.115 e. The molecular weight excluding hydrogens is 132 g/mol. The van der Waals surface area contributed by atoms with Gasteiger partial charge in [0, 0.05) is 0 Å². The fourth-order valence-electron chi connectivity index (χ4n) is 0.798. The average Bonchev–Trinajstić information content (AvgIpc) is 2.03. The van der Waals surface area contributed by atoms with Crippen molar-refractivity contribution in [3.63, 3.8) is 0 Å². The van der Waals surface area contributed by atoms with E-state index < -0.39 is 0 Å². The molecular formula is C11H16. The molecule has 0 nitrogen and oxygen atoms in total. The molecule has 0 saturated heterocycles. The first-order chi connectivity index (χ1) is 5.41. The van der Waals surface area contributed by atoms with Gasteiger partial charge in [-0.3, -0.25) is 0 Å². The topological polar surface area (TPSA) is 0 Å². The SMILES string of the molecule is C#C/C=C/C=C\CCCCC. The van der Waals surface area contributed by atoms with Crippen molar-refractivity contribution in [1.82, 2.24) is 0 Å². The molecule has 0 amide bonds. The predicted molar refractivity (Wildman–Crippen MR) is 51.3 cm³/mol. The molecule has 0 aliphatic heterocycles. The van der Waals surface area contributed by atoms with Crippen molar-refractivity contribution in [3.05, 3.63) is 24.3 Å². The largest absolute Gasteiger partial charge is 0.115 e. The molecule has 11 heavy (non-hydrogen) atoms. The van der Waals surface area contributed by atoms with Crippen LogP contribution in [0.25, 0.3) is 0 Å². The maximum absolute atomic E-state index is 5.02. The van der Waals surface area contributed by atoms with E-state index in [1.54, 1.807) is 6.08 Å². The Labute approximate surface area is 70.0 Å². The minimum atomic E-state index is 1.17. The molecule has 0 spiro atoms. The van der Waals surface area contributed by atoms with Crippen LogP contribution in [0.4, 0.5) is 0 Å². The number of hydrogen-bond acceptors (Lipinski definition) is 0. The highest BCUT2D eigenvalue weighted by atomic mass is 13.9. The zero-order valence-electron chi connectivity index (χ0n) is 7.22. The summed E-state index contributed by atoms with van der Waals surface area (Å²) in [4.78, 5) is 0. The second-order valence-electron chi connectivity index (χ2n) is 2.45. The highest BCUT2D eigenvalue weighted by Gasteiger charge is 1.79. The fourth-order valence-corrected chi connectivity index (χ4v) is 0.798. The average molecular weight is 148 g/mol. The van der Waals surface area contributed by atoms with Gasteiger partial charge in [-0.05, 0) is 18.9 Å². The Morgan fingerprint density at radius 1 is 1.27 bits per heavy atom. The highest BCUT2D eigenvalue weighted by molar-refractivity contribution is 5.15. The molecule has 0 heteroatoms. The van der Waals surface area contributed by atoms with Gasteiger partial charge in [-0.25, -0.2) is 0 Å². The summed E-state index contributed by atoms with van der Waals surface area (Å²) in [5.41, 5.74) is 0. The molecule has 60 valence electrons. The van der Waals surface area contributed by atoms with Gasteiger partial charge in [0.2, 0.25) is 0 Å². The van der Waals surface area contributed by atoms with Crippen LogP contribution < -0.4 is 0 Å². The van der Waals surface area contributed by atoms with Crippen LogP contribution in [0.5, 0.6) is 0 Å². The Balaban J connectivity index is 3.18. The lowest BCUT2D eigenvalue weighted by atomic mass is 10.2. The maximum Gasteiger partial charge on any atom is -0.0122 e. The molecule has 0 unspecified atom stereocenters. The lowest BCUT2D eigenvalue weighted by Crippen LogP contribution is -1.69. The number of allylic oxidation sites excluding steroid dienone is 4. The molecule has 0 rings (SSSR count). The molecule has 0 atom stereocenters. The van der Waals surface area contributed by atoms with E-state index in [4.69, 9.17) is 6.42 Å². The number of hydrogen-bond donors (Lipinski definition) is 0. The summed E-state index contributed by atoms with van der Waals surface area (Å²) in [7, 11) is 0. The third-order valence-electron chi connectivity index (χ3n) is 1.41. The van der Waals surface area contributed by atoms with E-state index in [1.165, 1.54) is 25.7 Å². The van der Waals surface area contributed by atoms with Crippen LogP contribution in [0.3, 0.4) is 0 Å². The fraction of sp³-hybridized carbons (Fsp3) is 0.455. The summed E-state index contributed by atoms with van der Waals surface area (Å²) >= 11 is 0. The Morgan fingerprint density at radius 2 is 2.09 bits per heavy atom. The van der Waals surface area contributed by atoms with Crippen molar-refractivity contribution >= 4 is 0 Å². The highest BCUT2D eigenvalue weighted by Crippen LogP contribution is 1.99. The molecule has 0 heterocycles. The number of terminal acetylenes is 1. The van der Waals surface area contributed by atoms with Crippen LogP contribution in [-0.2, 0) is 0 Å².